The lowest BCUT2D eigenvalue weighted by Crippen LogP contribution is -2.36. The van der Waals surface area contributed by atoms with E-state index in [4.69, 9.17) is 4.74 Å². The summed E-state index contributed by atoms with van der Waals surface area (Å²) in [4.78, 5) is 14.9. The van der Waals surface area contributed by atoms with E-state index in [9.17, 15) is 4.79 Å². The standard InChI is InChI=1S/C22H25N5O2S2/c1-15-3-5-18(6-4-15)24-21-25-26-22(31-21)30-16(2)20(28)23-17-7-9-19(10-8-17)27-11-13-29-14-12-27/h3-10,16H,11-14H2,1-2H3,(H,23,28)(H,24,25)/t16-/m0/s1. The average molecular weight is 456 g/mol. The number of thioether (sulfide) groups is 1. The van der Waals surface area contributed by atoms with Crippen LogP contribution in [0.4, 0.5) is 22.2 Å². The van der Waals surface area contributed by atoms with E-state index >= 15 is 0 Å². The summed E-state index contributed by atoms with van der Waals surface area (Å²) in [6.45, 7) is 7.21. The molecule has 2 aromatic carbocycles. The Bertz CT molecular complexity index is 1000. The fourth-order valence-corrected chi connectivity index (χ4v) is 5.01. The maximum absolute atomic E-state index is 12.6. The van der Waals surface area contributed by atoms with Crippen molar-refractivity contribution in [1.29, 1.82) is 0 Å². The number of anilines is 4. The van der Waals surface area contributed by atoms with Gasteiger partial charge in [-0.1, -0.05) is 40.8 Å². The van der Waals surface area contributed by atoms with Gasteiger partial charge in [-0.3, -0.25) is 4.79 Å². The molecule has 31 heavy (non-hydrogen) atoms. The summed E-state index contributed by atoms with van der Waals surface area (Å²) in [6, 6.07) is 16.0. The summed E-state index contributed by atoms with van der Waals surface area (Å²) < 4.78 is 6.14. The Morgan fingerprint density at radius 3 is 2.45 bits per heavy atom. The molecule has 1 fully saturated rings. The first-order valence-electron chi connectivity index (χ1n) is 10.1. The number of nitrogens with zero attached hydrogens (tertiary/aromatic N) is 3. The fourth-order valence-electron chi connectivity index (χ4n) is 3.09. The van der Waals surface area contributed by atoms with Crippen LogP contribution < -0.4 is 15.5 Å². The van der Waals surface area contributed by atoms with Crippen LogP contribution in [-0.2, 0) is 9.53 Å². The second kappa shape index (κ2) is 10.1. The van der Waals surface area contributed by atoms with Gasteiger partial charge in [0.25, 0.3) is 0 Å². The SMILES string of the molecule is Cc1ccc(Nc2nnc(S[C@@H](C)C(=O)Nc3ccc(N4CCOCC4)cc3)s2)cc1. The van der Waals surface area contributed by atoms with Gasteiger partial charge in [0.15, 0.2) is 4.34 Å². The normalized spacial score (nSPS) is 14.8. The van der Waals surface area contributed by atoms with E-state index in [1.807, 2.05) is 62.4 Å². The molecule has 0 radical (unpaired) electrons. The van der Waals surface area contributed by atoms with Crippen molar-refractivity contribution in [3.05, 3.63) is 54.1 Å². The van der Waals surface area contributed by atoms with Crippen LogP contribution in [0.5, 0.6) is 0 Å². The summed E-state index contributed by atoms with van der Waals surface area (Å²) in [5.41, 5.74) is 4.10. The van der Waals surface area contributed by atoms with Gasteiger partial charge >= 0.3 is 0 Å². The van der Waals surface area contributed by atoms with E-state index in [0.717, 1.165) is 47.7 Å². The Kier molecular flexibility index (Phi) is 7.06. The van der Waals surface area contributed by atoms with Gasteiger partial charge in [0.2, 0.25) is 11.0 Å². The van der Waals surface area contributed by atoms with E-state index in [1.165, 1.54) is 28.7 Å². The van der Waals surface area contributed by atoms with E-state index in [1.54, 1.807) is 0 Å². The topological polar surface area (TPSA) is 79.4 Å². The predicted octanol–water partition coefficient (Wildman–Crippen LogP) is 4.55. The van der Waals surface area contributed by atoms with Crippen molar-refractivity contribution in [2.45, 2.75) is 23.4 Å². The van der Waals surface area contributed by atoms with Crippen molar-refractivity contribution in [2.24, 2.45) is 0 Å². The van der Waals surface area contributed by atoms with Gasteiger partial charge < -0.3 is 20.3 Å². The minimum atomic E-state index is -0.293. The zero-order valence-electron chi connectivity index (χ0n) is 17.5. The van der Waals surface area contributed by atoms with Crippen LogP contribution in [0.2, 0.25) is 0 Å². The minimum Gasteiger partial charge on any atom is -0.378 e. The molecular formula is C22H25N5O2S2. The lowest BCUT2D eigenvalue weighted by atomic mass is 10.2. The van der Waals surface area contributed by atoms with E-state index < -0.39 is 0 Å². The second-order valence-corrected chi connectivity index (χ2v) is 9.83. The van der Waals surface area contributed by atoms with Crippen LogP contribution in [-0.4, -0.2) is 47.7 Å². The molecule has 2 N–H and O–H groups in total. The molecule has 0 saturated carbocycles. The monoisotopic (exact) mass is 455 g/mol. The molecule has 1 aromatic heterocycles. The van der Waals surface area contributed by atoms with Crippen molar-refractivity contribution in [3.8, 4) is 0 Å². The van der Waals surface area contributed by atoms with E-state index in [2.05, 4.69) is 25.7 Å². The maximum Gasteiger partial charge on any atom is 0.237 e. The molecule has 0 unspecified atom stereocenters. The second-order valence-electron chi connectivity index (χ2n) is 7.26. The first-order valence-corrected chi connectivity index (χ1v) is 11.8. The van der Waals surface area contributed by atoms with Crippen LogP contribution in [0.1, 0.15) is 12.5 Å². The lowest BCUT2D eigenvalue weighted by Gasteiger charge is -2.28. The van der Waals surface area contributed by atoms with Gasteiger partial charge in [0.05, 0.1) is 18.5 Å². The first-order chi connectivity index (χ1) is 15.1. The number of hydrogen-bond donors (Lipinski definition) is 2. The zero-order valence-corrected chi connectivity index (χ0v) is 19.1. The molecule has 0 aliphatic carbocycles. The minimum absolute atomic E-state index is 0.0626. The Morgan fingerprint density at radius 1 is 1.06 bits per heavy atom. The highest BCUT2D eigenvalue weighted by Gasteiger charge is 2.18. The highest BCUT2D eigenvalue weighted by atomic mass is 32.2. The Morgan fingerprint density at radius 2 is 1.74 bits per heavy atom. The molecule has 1 amide bonds. The molecule has 1 atom stereocenters. The number of morpholine rings is 1. The first kappa shape index (κ1) is 21.6. The Labute approximate surface area is 190 Å². The van der Waals surface area contributed by atoms with E-state index in [-0.39, 0.29) is 11.2 Å². The third kappa shape index (κ3) is 5.96. The van der Waals surface area contributed by atoms with Crippen LogP contribution in [0, 0.1) is 6.92 Å². The summed E-state index contributed by atoms with van der Waals surface area (Å²) in [5.74, 6) is -0.0626. The van der Waals surface area contributed by atoms with Crippen molar-refractivity contribution < 1.29 is 9.53 Å². The molecule has 2 heterocycles. The fraction of sp³-hybridized carbons (Fsp3) is 0.318. The largest absolute Gasteiger partial charge is 0.378 e. The van der Waals surface area contributed by atoms with Crippen LogP contribution >= 0.6 is 23.1 Å². The van der Waals surface area contributed by atoms with E-state index in [0.29, 0.717) is 5.13 Å². The Hall–Kier alpha value is -2.62. The Balaban J connectivity index is 1.29. The molecule has 162 valence electrons. The number of hydrogen-bond acceptors (Lipinski definition) is 8. The number of carbonyl (C=O) groups excluding carboxylic acids is 1. The quantitative estimate of drug-likeness (QED) is 0.506. The number of carbonyl (C=O) groups is 1. The molecular weight excluding hydrogens is 430 g/mol. The molecule has 3 aromatic rings. The average Bonchev–Trinajstić information content (AvgIpc) is 3.23. The molecule has 4 rings (SSSR count). The van der Waals surface area contributed by atoms with Gasteiger partial charge in [-0.25, -0.2) is 0 Å². The molecule has 7 nitrogen and oxygen atoms in total. The third-order valence-electron chi connectivity index (χ3n) is 4.87. The van der Waals surface area contributed by atoms with Crippen LogP contribution in [0.15, 0.2) is 52.9 Å². The van der Waals surface area contributed by atoms with Gasteiger partial charge in [0.1, 0.15) is 0 Å². The molecule has 1 aliphatic rings. The van der Waals surface area contributed by atoms with Crippen LogP contribution in [0.3, 0.4) is 0 Å². The van der Waals surface area contributed by atoms with Crippen molar-refractivity contribution in [1.82, 2.24) is 10.2 Å². The number of aryl methyl sites for hydroxylation is 1. The highest BCUT2D eigenvalue weighted by molar-refractivity contribution is 8.02. The number of ether oxygens (including phenoxy) is 1. The number of benzene rings is 2. The predicted molar refractivity (Wildman–Crippen MR) is 128 cm³/mol. The molecule has 0 bridgehead atoms. The zero-order chi connectivity index (χ0) is 21.6. The maximum atomic E-state index is 12.6. The molecule has 1 aliphatic heterocycles. The van der Waals surface area contributed by atoms with Gasteiger partial charge in [0, 0.05) is 30.2 Å². The summed E-state index contributed by atoms with van der Waals surface area (Å²) >= 11 is 2.84. The summed E-state index contributed by atoms with van der Waals surface area (Å²) in [5, 5.41) is 15.0. The lowest BCUT2D eigenvalue weighted by molar-refractivity contribution is -0.115. The number of rotatable bonds is 7. The number of amides is 1. The number of aromatic nitrogens is 2. The number of nitrogens with one attached hydrogen (secondary N) is 2. The molecule has 1 saturated heterocycles. The van der Waals surface area contributed by atoms with Gasteiger partial charge in [-0.05, 0) is 50.2 Å². The summed E-state index contributed by atoms with van der Waals surface area (Å²) in [7, 11) is 0. The molecule has 0 spiro atoms. The third-order valence-corrected chi connectivity index (χ3v) is 6.89. The van der Waals surface area contributed by atoms with Gasteiger partial charge in [-0.2, -0.15) is 0 Å². The van der Waals surface area contributed by atoms with Gasteiger partial charge in [-0.15, -0.1) is 10.2 Å². The van der Waals surface area contributed by atoms with Crippen molar-refractivity contribution in [3.63, 3.8) is 0 Å². The smallest absolute Gasteiger partial charge is 0.237 e. The van der Waals surface area contributed by atoms with Crippen molar-refractivity contribution in [2.75, 3.05) is 41.8 Å². The summed E-state index contributed by atoms with van der Waals surface area (Å²) in [6.07, 6.45) is 0. The van der Waals surface area contributed by atoms with Crippen LogP contribution in [0.25, 0.3) is 0 Å². The highest BCUT2D eigenvalue weighted by Crippen LogP contribution is 2.31. The molecule has 9 heteroatoms. The van der Waals surface area contributed by atoms with Crippen molar-refractivity contribution >= 4 is 51.2 Å².